The molecule has 0 unspecified atom stereocenters. The van der Waals surface area contributed by atoms with Gasteiger partial charge in [0.2, 0.25) is 5.91 Å². The third kappa shape index (κ3) is 3.48. The van der Waals surface area contributed by atoms with Crippen LogP contribution in [-0.2, 0) is 4.79 Å². The summed E-state index contributed by atoms with van der Waals surface area (Å²) in [5.41, 5.74) is 1.97. The van der Waals surface area contributed by atoms with Crippen molar-refractivity contribution in [3.05, 3.63) is 35.9 Å². The van der Waals surface area contributed by atoms with Crippen molar-refractivity contribution in [2.75, 3.05) is 13.2 Å². The zero-order valence-electron chi connectivity index (χ0n) is 16.1. The van der Waals surface area contributed by atoms with Crippen molar-refractivity contribution in [2.24, 2.45) is 16.9 Å². The second-order valence-electron chi connectivity index (χ2n) is 6.95. The number of allylic oxidation sites excluding steroid dienone is 2. The summed E-state index contributed by atoms with van der Waals surface area (Å²) in [6.07, 6.45) is 5.90. The Hall–Kier alpha value is -2.30. The van der Waals surface area contributed by atoms with Crippen molar-refractivity contribution in [3.63, 3.8) is 0 Å². The lowest BCUT2D eigenvalue weighted by molar-refractivity contribution is -0.139. The number of carbonyl (C=O) groups is 1. The van der Waals surface area contributed by atoms with E-state index in [4.69, 9.17) is 14.6 Å². The first-order valence-corrected chi connectivity index (χ1v) is 9.53. The van der Waals surface area contributed by atoms with E-state index < -0.39 is 0 Å². The molecule has 0 radical (unpaired) electrons. The SMILES string of the molecule is CCOc1ccc(C2=NN(C(C)C)C(=O)[C@@H]3CC=CC[C@H]23)cc1OCC. The topological polar surface area (TPSA) is 51.1 Å². The molecular formula is C21H28N2O3. The molecule has 1 aromatic carbocycles. The van der Waals surface area contributed by atoms with E-state index in [0.29, 0.717) is 13.2 Å². The maximum Gasteiger partial charge on any atom is 0.247 e. The highest BCUT2D eigenvalue weighted by Crippen LogP contribution is 2.37. The van der Waals surface area contributed by atoms with E-state index in [-0.39, 0.29) is 23.8 Å². The fourth-order valence-electron chi connectivity index (χ4n) is 3.65. The minimum absolute atomic E-state index is 0.0305. The number of ether oxygens (including phenoxy) is 2. The number of rotatable bonds is 6. The molecule has 5 heteroatoms. The molecule has 0 fully saturated rings. The van der Waals surface area contributed by atoms with Crippen LogP contribution in [0.1, 0.15) is 46.1 Å². The van der Waals surface area contributed by atoms with Gasteiger partial charge < -0.3 is 9.47 Å². The molecule has 0 aromatic heterocycles. The molecule has 0 spiro atoms. The minimum atomic E-state index is -0.0305. The second kappa shape index (κ2) is 7.94. The highest BCUT2D eigenvalue weighted by molar-refractivity contribution is 6.07. The van der Waals surface area contributed by atoms with Crippen LogP contribution in [0.15, 0.2) is 35.5 Å². The lowest BCUT2D eigenvalue weighted by Gasteiger charge is -2.38. The number of carbonyl (C=O) groups excluding carboxylic acids is 1. The zero-order chi connectivity index (χ0) is 18.7. The molecule has 2 aliphatic rings. The van der Waals surface area contributed by atoms with Gasteiger partial charge in [0.15, 0.2) is 11.5 Å². The molecule has 140 valence electrons. The van der Waals surface area contributed by atoms with E-state index in [0.717, 1.165) is 35.6 Å². The molecule has 0 bridgehead atoms. The Morgan fingerprint density at radius 1 is 1.08 bits per heavy atom. The molecule has 5 nitrogen and oxygen atoms in total. The van der Waals surface area contributed by atoms with Crippen LogP contribution >= 0.6 is 0 Å². The van der Waals surface area contributed by atoms with Crippen LogP contribution in [0.2, 0.25) is 0 Å². The quantitative estimate of drug-likeness (QED) is 0.723. The monoisotopic (exact) mass is 356 g/mol. The first kappa shape index (κ1) is 18.5. The Labute approximate surface area is 155 Å². The van der Waals surface area contributed by atoms with Crippen LogP contribution < -0.4 is 9.47 Å². The van der Waals surface area contributed by atoms with Crippen LogP contribution in [0.25, 0.3) is 0 Å². The molecule has 1 heterocycles. The van der Waals surface area contributed by atoms with Crippen molar-refractivity contribution in [3.8, 4) is 11.5 Å². The standard InChI is InChI=1S/C21H28N2O3/c1-5-25-18-12-11-15(13-19(18)26-6-2)20-16-9-7-8-10-17(16)21(24)23(22-20)14(3)4/h7-8,11-14,16-17H,5-6,9-10H2,1-4H3/t16-,17+/m0/s1. The van der Waals surface area contributed by atoms with Gasteiger partial charge in [-0.2, -0.15) is 5.10 Å². The van der Waals surface area contributed by atoms with Gasteiger partial charge in [-0.05, 0) is 58.7 Å². The number of nitrogens with zero attached hydrogens (tertiary/aromatic N) is 2. The lowest BCUT2D eigenvalue weighted by Crippen LogP contribution is -2.47. The van der Waals surface area contributed by atoms with E-state index in [9.17, 15) is 4.79 Å². The van der Waals surface area contributed by atoms with E-state index in [1.165, 1.54) is 0 Å². The van der Waals surface area contributed by atoms with Crippen LogP contribution in [0, 0.1) is 11.8 Å². The normalized spacial score (nSPS) is 22.3. The van der Waals surface area contributed by atoms with Gasteiger partial charge in [0.25, 0.3) is 0 Å². The highest BCUT2D eigenvalue weighted by atomic mass is 16.5. The smallest absolute Gasteiger partial charge is 0.247 e. The summed E-state index contributed by atoms with van der Waals surface area (Å²) in [5.74, 6) is 1.69. The Balaban J connectivity index is 2.04. The molecule has 1 aliphatic heterocycles. The van der Waals surface area contributed by atoms with Gasteiger partial charge in [-0.3, -0.25) is 4.79 Å². The lowest BCUT2D eigenvalue weighted by atomic mass is 9.76. The summed E-state index contributed by atoms with van der Waals surface area (Å²) in [6, 6.07) is 6.00. The molecule has 26 heavy (non-hydrogen) atoms. The largest absolute Gasteiger partial charge is 0.490 e. The summed E-state index contributed by atoms with van der Waals surface area (Å²) >= 11 is 0. The zero-order valence-corrected chi connectivity index (χ0v) is 16.1. The van der Waals surface area contributed by atoms with Gasteiger partial charge in [-0.1, -0.05) is 12.2 Å². The molecule has 1 amide bonds. The van der Waals surface area contributed by atoms with E-state index in [1.54, 1.807) is 5.01 Å². The Kier molecular flexibility index (Phi) is 5.64. The number of amides is 1. The van der Waals surface area contributed by atoms with Crippen LogP contribution in [0.3, 0.4) is 0 Å². The maximum atomic E-state index is 12.8. The molecule has 0 N–H and O–H groups in total. The molecule has 1 aliphatic carbocycles. The fourth-order valence-corrected chi connectivity index (χ4v) is 3.65. The van der Waals surface area contributed by atoms with Gasteiger partial charge >= 0.3 is 0 Å². The number of benzene rings is 1. The summed E-state index contributed by atoms with van der Waals surface area (Å²) in [5, 5.41) is 6.41. The van der Waals surface area contributed by atoms with Gasteiger partial charge in [0.1, 0.15) is 0 Å². The van der Waals surface area contributed by atoms with E-state index in [2.05, 4.69) is 12.2 Å². The number of hydrogen-bond donors (Lipinski definition) is 0. The molecule has 1 aromatic rings. The predicted octanol–water partition coefficient (Wildman–Crippen LogP) is 4.02. The first-order chi connectivity index (χ1) is 12.6. The van der Waals surface area contributed by atoms with Gasteiger partial charge in [-0.15, -0.1) is 0 Å². The molecule has 2 atom stereocenters. The Morgan fingerprint density at radius 3 is 2.38 bits per heavy atom. The van der Waals surface area contributed by atoms with Crippen molar-refractivity contribution >= 4 is 11.6 Å². The average Bonchev–Trinajstić information content (AvgIpc) is 2.64. The predicted molar refractivity (Wildman–Crippen MR) is 103 cm³/mol. The Bertz CT molecular complexity index is 724. The van der Waals surface area contributed by atoms with Gasteiger partial charge in [0.05, 0.1) is 24.8 Å². The summed E-state index contributed by atoms with van der Waals surface area (Å²) in [7, 11) is 0. The summed E-state index contributed by atoms with van der Waals surface area (Å²) < 4.78 is 11.5. The van der Waals surface area contributed by atoms with Crippen molar-refractivity contribution in [1.82, 2.24) is 5.01 Å². The number of fused-ring (bicyclic) bond motifs is 1. The first-order valence-electron chi connectivity index (χ1n) is 9.53. The average molecular weight is 356 g/mol. The number of hydrogen-bond acceptors (Lipinski definition) is 4. The van der Waals surface area contributed by atoms with Crippen LogP contribution in [0.5, 0.6) is 11.5 Å². The van der Waals surface area contributed by atoms with Crippen molar-refractivity contribution in [1.29, 1.82) is 0 Å². The van der Waals surface area contributed by atoms with Crippen molar-refractivity contribution < 1.29 is 14.3 Å². The van der Waals surface area contributed by atoms with Crippen molar-refractivity contribution in [2.45, 2.75) is 46.6 Å². The molecular weight excluding hydrogens is 328 g/mol. The minimum Gasteiger partial charge on any atom is -0.490 e. The summed E-state index contributed by atoms with van der Waals surface area (Å²) in [6.45, 7) is 9.08. The third-order valence-electron chi connectivity index (χ3n) is 4.87. The third-order valence-corrected chi connectivity index (χ3v) is 4.87. The van der Waals surface area contributed by atoms with Gasteiger partial charge in [-0.25, -0.2) is 5.01 Å². The Morgan fingerprint density at radius 2 is 1.73 bits per heavy atom. The molecule has 0 saturated carbocycles. The second-order valence-corrected chi connectivity index (χ2v) is 6.95. The fraction of sp³-hybridized carbons (Fsp3) is 0.524. The summed E-state index contributed by atoms with van der Waals surface area (Å²) in [4.78, 5) is 12.8. The van der Waals surface area contributed by atoms with E-state index >= 15 is 0 Å². The van der Waals surface area contributed by atoms with Crippen LogP contribution in [0.4, 0.5) is 0 Å². The maximum absolute atomic E-state index is 12.8. The van der Waals surface area contributed by atoms with Crippen LogP contribution in [-0.4, -0.2) is 35.9 Å². The van der Waals surface area contributed by atoms with E-state index in [1.807, 2.05) is 45.9 Å². The number of hydrazone groups is 1. The highest BCUT2D eigenvalue weighted by Gasteiger charge is 2.40. The molecule has 3 rings (SSSR count). The van der Waals surface area contributed by atoms with Gasteiger partial charge in [0, 0.05) is 17.5 Å². The molecule has 0 saturated heterocycles.